The summed E-state index contributed by atoms with van der Waals surface area (Å²) in [5.74, 6) is -4.94. The molecule has 4 rings (SSSR count). The average Bonchev–Trinajstić information content (AvgIpc) is 2.43. The molecule has 4 atom stereocenters. The Labute approximate surface area is 82.4 Å². The van der Waals surface area contributed by atoms with Gasteiger partial charge in [0.25, 0.3) is 5.79 Å². The quantitative estimate of drug-likeness (QED) is 0.342. The highest BCUT2D eigenvalue weighted by Crippen LogP contribution is 2.78. The predicted molar refractivity (Wildman–Crippen MR) is 37.6 cm³/mol. The second-order valence-electron chi connectivity index (χ2n) is 3.42. The van der Waals surface area contributed by atoms with E-state index in [0.29, 0.717) is 0 Å². The number of aliphatic hydroxyl groups is 4. The summed E-state index contributed by atoms with van der Waals surface area (Å²) in [5, 5.41) is 37.5. The van der Waals surface area contributed by atoms with Gasteiger partial charge in [0.1, 0.15) is 12.2 Å². The van der Waals surface area contributed by atoms with Crippen molar-refractivity contribution in [1.82, 2.24) is 0 Å². The van der Waals surface area contributed by atoms with E-state index < -0.39 is 38.1 Å². The maximum atomic E-state index is 11.2. The van der Waals surface area contributed by atoms with Crippen LogP contribution in [0.15, 0.2) is 0 Å². The van der Waals surface area contributed by atoms with Gasteiger partial charge in [0.05, 0.1) is 0 Å². The van der Waals surface area contributed by atoms with Crippen molar-refractivity contribution in [2.24, 2.45) is 0 Å². The van der Waals surface area contributed by atoms with E-state index in [2.05, 4.69) is 18.3 Å². The van der Waals surface area contributed by atoms with Gasteiger partial charge in [-0.15, -0.1) is 0 Å². The van der Waals surface area contributed by atoms with E-state index in [-0.39, 0.29) is 0 Å². The molecular formula is C5H7O9P. The molecule has 2 bridgehead atoms. The van der Waals surface area contributed by atoms with Crippen molar-refractivity contribution >= 4 is 7.82 Å². The minimum Gasteiger partial charge on any atom is -0.385 e. The molecule has 0 radical (unpaired) electrons. The number of rotatable bonds is 0. The zero-order valence-electron chi connectivity index (χ0n) is 7.01. The van der Waals surface area contributed by atoms with Gasteiger partial charge in [0, 0.05) is 0 Å². The molecule has 10 heteroatoms. The van der Waals surface area contributed by atoms with Gasteiger partial charge >= 0.3 is 13.8 Å². The number of hydrogen-bond donors (Lipinski definition) is 4. The minimum atomic E-state index is -3.93. The molecule has 4 fully saturated rings. The van der Waals surface area contributed by atoms with Crippen LogP contribution in [0.25, 0.3) is 0 Å². The molecule has 0 aromatic carbocycles. The van der Waals surface area contributed by atoms with Crippen molar-refractivity contribution in [3.63, 3.8) is 0 Å². The van der Waals surface area contributed by atoms with E-state index >= 15 is 0 Å². The predicted octanol–water partition coefficient (Wildman–Crippen LogP) is -2.42. The van der Waals surface area contributed by atoms with Gasteiger partial charge < -0.3 is 20.4 Å². The standard InChI is InChI=1S/C5H7O9P/c6-1-2(7)4(9)5(11-3(1)8)13-15(10,12-4)14-5/h1-3,6-9H/t1-,2+,3+,4-,5?,15?/m1/s1. The van der Waals surface area contributed by atoms with Crippen molar-refractivity contribution in [3.05, 3.63) is 0 Å². The first kappa shape index (κ1) is 10.1. The molecular weight excluding hydrogens is 235 g/mol. The van der Waals surface area contributed by atoms with Crippen LogP contribution in [0, 0.1) is 0 Å². The summed E-state index contributed by atoms with van der Waals surface area (Å²) in [6.07, 6.45) is -5.66. The van der Waals surface area contributed by atoms with Crippen molar-refractivity contribution in [2.45, 2.75) is 30.3 Å². The summed E-state index contributed by atoms with van der Waals surface area (Å²) in [6.45, 7) is 0. The maximum absolute atomic E-state index is 11.2. The molecule has 4 aliphatic heterocycles. The van der Waals surface area contributed by atoms with Gasteiger partial charge in [-0.3, -0.25) is 4.74 Å². The summed E-state index contributed by atoms with van der Waals surface area (Å²) >= 11 is 0. The first-order valence-electron chi connectivity index (χ1n) is 3.99. The normalized spacial score (nSPS) is 67.3. The van der Waals surface area contributed by atoms with Crippen LogP contribution in [0.5, 0.6) is 0 Å². The topological polar surface area (TPSA) is 135 Å². The van der Waals surface area contributed by atoms with Crippen LogP contribution in [0.3, 0.4) is 0 Å². The molecule has 0 saturated carbocycles. The van der Waals surface area contributed by atoms with E-state index in [1.807, 2.05) is 0 Å². The van der Waals surface area contributed by atoms with Gasteiger partial charge in [0.2, 0.25) is 0 Å². The lowest BCUT2D eigenvalue weighted by Gasteiger charge is -2.46. The molecule has 1 spiro atoms. The highest BCUT2D eigenvalue weighted by Gasteiger charge is 2.86. The monoisotopic (exact) mass is 242 g/mol. The van der Waals surface area contributed by atoms with Crippen LogP contribution >= 0.6 is 7.82 Å². The molecule has 0 amide bonds. The fourth-order valence-corrected chi connectivity index (χ4v) is 3.26. The third-order valence-corrected chi connectivity index (χ3v) is 3.88. The Hall–Kier alpha value is -0.0900. The van der Waals surface area contributed by atoms with Crippen LogP contribution in [-0.4, -0.2) is 50.7 Å². The van der Waals surface area contributed by atoms with Crippen LogP contribution in [-0.2, 0) is 22.9 Å². The van der Waals surface area contributed by atoms with Crippen molar-refractivity contribution in [3.8, 4) is 0 Å². The van der Waals surface area contributed by atoms with E-state index in [1.54, 1.807) is 0 Å². The molecule has 0 aliphatic carbocycles. The van der Waals surface area contributed by atoms with Crippen molar-refractivity contribution in [1.29, 1.82) is 0 Å². The molecule has 15 heavy (non-hydrogen) atoms. The molecule has 86 valence electrons. The summed E-state index contributed by atoms with van der Waals surface area (Å²) in [5.41, 5.74) is 0. The van der Waals surface area contributed by atoms with Gasteiger partial charge in [-0.05, 0) is 0 Å². The van der Waals surface area contributed by atoms with Crippen LogP contribution in [0.4, 0.5) is 0 Å². The Morgan fingerprint density at radius 2 is 1.73 bits per heavy atom. The van der Waals surface area contributed by atoms with E-state index in [9.17, 15) is 19.9 Å². The lowest BCUT2D eigenvalue weighted by Crippen LogP contribution is -2.71. The summed E-state index contributed by atoms with van der Waals surface area (Å²) in [6, 6.07) is 0. The van der Waals surface area contributed by atoms with E-state index in [1.165, 1.54) is 0 Å². The Kier molecular flexibility index (Phi) is 1.63. The fraction of sp³-hybridized carbons (Fsp3) is 1.00. The van der Waals surface area contributed by atoms with Gasteiger partial charge in [-0.2, -0.15) is 0 Å². The Balaban J connectivity index is 2.04. The Morgan fingerprint density at radius 1 is 1.13 bits per heavy atom. The maximum Gasteiger partial charge on any atom is 0.486 e. The Bertz CT molecular complexity index is 360. The molecule has 0 aromatic heterocycles. The lowest BCUT2D eigenvalue weighted by molar-refractivity contribution is -0.491. The summed E-state index contributed by atoms with van der Waals surface area (Å²) in [4.78, 5) is 0. The van der Waals surface area contributed by atoms with Crippen molar-refractivity contribution < 1.29 is 43.3 Å². The second-order valence-corrected chi connectivity index (χ2v) is 4.86. The molecule has 4 saturated heterocycles. The number of phosphoric ester groups is 1. The summed E-state index contributed by atoms with van der Waals surface area (Å²) in [7, 11) is -3.93. The molecule has 4 aliphatic rings. The smallest absolute Gasteiger partial charge is 0.385 e. The zero-order chi connectivity index (χ0) is 11.1. The number of phosphoric acid groups is 1. The first-order valence-corrected chi connectivity index (χ1v) is 5.45. The minimum absolute atomic E-state index is 1.83. The van der Waals surface area contributed by atoms with Crippen molar-refractivity contribution in [2.75, 3.05) is 0 Å². The van der Waals surface area contributed by atoms with Crippen LogP contribution < -0.4 is 0 Å². The number of aliphatic hydroxyl groups excluding tert-OH is 3. The van der Waals surface area contributed by atoms with Gasteiger partial charge in [0.15, 0.2) is 6.29 Å². The molecule has 0 unspecified atom stereocenters. The highest BCUT2D eigenvalue weighted by atomic mass is 31.2. The fourth-order valence-electron chi connectivity index (χ4n) is 1.67. The third kappa shape index (κ3) is 0.936. The SMILES string of the molecule is O=P12OC3(O[C@H](O)[C@H](O)[C@H](O)[C@@]3(O)O1)O2. The molecule has 4 N–H and O–H groups in total. The molecule has 9 nitrogen and oxygen atoms in total. The zero-order valence-corrected chi connectivity index (χ0v) is 7.90. The number of ether oxygens (including phenoxy) is 1. The Morgan fingerprint density at radius 3 is 2.33 bits per heavy atom. The van der Waals surface area contributed by atoms with E-state index in [0.717, 1.165) is 0 Å². The average molecular weight is 242 g/mol. The van der Waals surface area contributed by atoms with Gasteiger partial charge in [-0.1, -0.05) is 0 Å². The summed E-state index contributed by atoms with van der Waals surface area (Å²) < 4.78 is 29.3. The van der Waals surface area contributed by atoms with E-state index in [4.69, 9.17) is 5.11 Å². The molecule has 4 heterocycles. The highest BCUT2D eigenvalue weighted by molar-refractivity contribution is 7.50. The lowest BCUT2D eigenvalue weighted by atomic mass is 9.98. The third-order valence-electron chi connectivity index (χ3n) is 2.45. The first-order chi connectivity index (χ1) is 6.82. The van der Waals surface area contributed by atoms with Crippen LogP contribution in [0.2, 0.25) is 0 Å². The van der Waals surface area contributed by atoms with Crippen LogP contribution in [0.1, 0.15) is 0 Å². The van der Waals surface area contributed by atoms with Gasteiger partial charge in [-0.25, -0.2) is 18.1 Å². The second kappa shape index (κ2) is 2.43. The molecule has 0 aromatic rings. The number of hydrogen-bond acceptors (Lipinski definition) is 9. The largest absolute Gasteiger partial charge is 0.486 e.